The number of phenolic OH excluding ortho intramolecular Hbond substituents is 1. The van der Waals surface area contributed by atoms with E-state index in [1.165, 1.54) is 30.3 Å². The summed E-state index contributed by atoms with van der Waals surface area (Å²) in [6.45, 7) is 0. The first-order valence-electron chi connectivity index (χ1n) is 10.3. The van der Waals surface area contributed by atoms with Gasteiger partial charge >= 0.3 is 11.9 Å². The number of carboxylic acids is 2. The molecule has 12 heteroatoms. The van der Waals surface area contributed by atoms with Gasteiger partial charge < -0.3 is 37.0 Å². The Morgan fingerprint density at radius 3 is 2.11 bits per heavy atom. The number of hydrogen-bond donors (Lipinski definition) is 8. The van der Waals surface area contributed by atoms with Crippen molar-refractivity contribution in [2.24, 2.45) is 5.73 Å². The molecular formula is C23H25N5O7. The van der Waals surface area contributed by atoms with E-state index >= 15 is 0 Å². The number of benzene rings is 2. The van der Waals surface area contributed by atoms with Crippen molar-refractivity contribution in [3.63, 3.8) is 0 Å². The molecule has 0 unspecified atom stereocenters. The van der Waals surface area contributed by atoms with Crippen LogP contribution in [0.2, 0.25) is 0 Å². The van der Waals surface area contributed by atoms with Crippen molar-refractivity contribution in [2.45, 2.75) is 24.9 Å². The maximum absolute atomic E-state index is 12.6. The third-order valence-corrected chi connectivity index (χ3v) is 4.62. The highest BCUT2D eigenvalue weighted by molar-refractivity contribution is 5.97. The third kappa shape index (κ3) is 9.26. The highest BCUT2D eigenvalue weighted by Gasteiger charge is 2.28. The number of carbonyl (C=O) groups excluding carboxylic acids is 2. The van der Waals surface area contributed by atoms with Crippen LogP contribution in [0.3, 0.4) is 0 Å². The molecule has 0 radical (unpaired) electrons. The molecule has 35 heavy (non-hydrogen) atoms. The molecule has 2 amide bonds. The van der Waals surface area contributed by atoms with E-state index in [9.17, 15) is 29.4 Å². The van der Waals surface area contributed by atoms with E-state index in [-0.39, 0.29) is 18.1 Å². The molecule has 2 aromatic rings. The fourth-order valence-electron chi connectivity index (χ4n) is 2.95. The molecule has 2 rings (SSSR count). The number of carboxylic acid groups (broad SMARTS) is 2. The lowest BCUT2D eigenvalue weighted by molar-refractivity contribution is -0.143. The largest absolute Gasteiger partial charge is 0.508 e. The van der Waals surface area contributed by atoms with Crippen molar-refractivity contribution < 1.29 is 34.5 Å². The number of nitrogens with one attached hydrogen (secondary N) is 4. The van der Waals surface area contributed by atoms with Crippen molar-refractivity contribution in [3.8, 4) is 5.75 Å². The molecule has 0 aliphatic carbocycles. The van der Waals surface area contributed by atoms with Crippen LogP contribution in [0.5, 0.6) is 5.75 Å². The number of anilines is 1. The summed E-state index contributed by atoms with van der Waals surface area (Å²) in [5.74, 6) is -4.69. The molecular weight excluding hydrogens is 458 g/mol. The van der Waals surface area contributed by atoms with E-state index < -0.39 is 42.3 Å². The Labute approximate surface area is 200 Å². The summed E-state index contributed by atoms with van der Waals surface area (Å²) in [6.07, 6.45) is 1.64. The minimum absolute atomic E-state index is 0.00868. The van der Waals surface area contributed by atoms with Gasteiger partial charge in [-0.05, 0) is 41.5 Å². The van der Waals surface area contributed by atoms with Crippen molar-refractivity contribution >= 4 is 41.5 Å². The van der Waals surface area contributed by atoms with E-state index in [0.29, 0.717) is 16.8 Å². The molecule has 0 saturated heterocycles. The van der Waals surface area contributed by atoms with Gasteiger partial charge in [0.25, 0.3) is 0 Å². The molecule has 0 aliphatic rings. The molecule has 0 aromatic heterocycles. The molecule has 184 valence electrons. The number of carbonyl (C=O) groups is 4. The maximum atomic E-state index is 12.6. The SMILES string of the molecule is N=C(N)Nc1ccc(C=CC(=O)N[C@@H](CC(=O)O)C(=O)N[C@@H](Cc2ccc(O)cc2)C(=O)O)cc1. The molecule has 0 saturated carbocycles. The highest BCUT2D eigenvalue weighted by Crippen LogP contribution is 2.12. The zero-order chi connectivity index (χ0) is 26.0. The topological polar surface area (TPSA) is 215 Å². The number of guanidine groups is 1. The summed E-state index contributed by atoms with van der Waals surface area (Å²) in [5.41, 5.74) is 6.93. The summed E-state index contributed by atoms with van der Waals surface area (Å²) in [5, 5.41) is 42.2. The molecule has 12 nitrogen and oxygen atoms in total. The van der Waals surface area contributed by atoms with Crippen LogP contribution in [0.4, 0.5) is 5.69 Å². The van der Waals surface area contributed by atoms with Crippen LogP contribution in [0, 0.1) is 5.41 Å². The first-order valence-corrected chi connectivity index (χ1v) is 10.3. The average molecular weight is 483 g/mol. The number of phenols is 1. The Morgan fingerprint density at radius 2 is 1.57 bits per heavy atom. The number of aromatic hydroxyl groups is 1. The Bertz CT molecular complexity index is 1110. The second kappa shape index (κ2) is 12.4. The lowest BCUT2D eigenvalue weighted by Gasteiger charge is -2.20. The van der Waals surface area contributed by atoms with Crippen LogP contribution < -0.4 is 21.7 Å². The van der Waals surface area contributed by atoms with Crippen LogP contribution >= 0.6 is 0 Å². The number of nitrogens with two attached hydrogens (primary N) is 1. The minimum atomic E-state index is -1.52. The molecule has 0 aliphatic heterocycles. The van der Waals surface area contributed by atoms with Gasteiger partial charge in [0.2, 0.25) is 11.8 Å². The number of aliphatic carboxylic acids is 2. The average Bonchev–Trinajstić information content (AvgIpc) is 2.78. The highest BCUT2D eigenvalue weighted by atomic mass is 16.4. The van der Waals surface area contributed by atoms with Crippen LogP contribution in [-0.4, -0.2) is 57.1 Å². The Kier molecular flexibility index (Phi) is 9.34. The molecule has 0 heterocycles. The van der Waals surface area contributed by atoms with Crippen LogP contribution in [-0.2, 0) is 25.6 Å². The van der Waals surface area contributed by atoms with Crippen molar-refractivity contribution in [1.82, 2.24) is 10.6 Å². The first-order chi connectivity index (χ1) is 16.5. The van der Waals surface area contributed by atoms with E-state index in [4.69, 9.17) is 16.2 Å². The predicted octanol–water partition coefficient (Wildman–Crippen LogP) is 0.482. The number of hydrogen-bond acceptors (Lipinski definition) is 6. The standard InChI is InChI=1S/C23H25N5O7/c24-23(25)26-15-6-1-13(2-7-15)5-10-19(30)27-17(12-20(31)32)21(33)28-18(22(34)35)11-14-3-8-16(29)9-4-14/h1-10,17-18,29H,11-12H2,(H,27,30)(H,28,33)(H,31,32)(H,34,35)(H4,24,25,26)/t17-,18-/m0/s1. The quantitative estimate of drug-likeness (QED) is 0.126. The minimum Gasteiger partial charge on any atom is -0.508 e. The lowest BCUT2D eigenvalue weighted by Crippen LogP contribution is -2.52. The summed E-state index contributed by atoms with van der Waals surface area (Å²) in [7, 11) is 0. The van der Waals surface area contributed by atoms with Gasteiger partial charge in [0, 0.05) is 18.2 Å². The zero-order valence-corrected chi connectivity index (χ0v) is 18.4. The zero-order valence-electron chi connectivity index (χ0n) is 18.4. The Balaban J connectivity index is 2.05. The van der Waals surface area contributed by atoms with Gasteiger partial charge in [-0.1, -0.05) is 24.3 Å². The molecule has 2 atom stereocenters. The van der Waals surface area contributed by atoms with Gasteiger partial charge in [0.15, 0.2) is 5.96 Å². The summed E-state index contributed by atoms with van der Waals surface area (Å²) < 4.78 is 0. The summed E-state index contributed by atoms with van der Waals surface area (Å²) in [4.78, 5) is 47.7. The molecule has 0 bridgehead atoms. The predicted molar refractivity (Wildman–Crippen MR) is 127 cm³/mol. The number of rotatable bonds is 11. The smallest absolute Gasteiger partial charge is 0.326 e. The number of amides is 2. The normalized spacial score (nSPS) is 12.3. The molecule has 9 N–H and O–H groups in total. The second-order valence-electron chi connectivity index (χ2n) is 7.42. The molecule has 0 spiro atoms. The van der Waals surface area contributed by atoms with Gasteiger partial charge in [0.05, 0.1) is 6.42 Å². The van der Waals surface area contributed by atoms with Crippen molar-refractivity contribution in [2.75, 3.05) is 5.32 Å². The maximum Gasteiger partial charge on any atom is 0.326 e. The van der Waals surface area contributed by atoms with Gasteiger partial charge in [-0.3, -0.25) is 19.8 Å². The van der Waals surface area contributed by atoms with Gasteiger partial charge in [-0.25, -0.2) is 4.79 Å². The van der Waals surface area contributed by atoms with Crippen molar-refractivity contribution in [1.29, 1.82) is 5.41 Å². The van der Waals surface area contributed by atoms with E-state index in [0.717, 1.165) is 6.08 Å². The van der Waals surface area contributed by atoms with E-state index in [1.807, 2.05) is 0 Å². The van der Waals surface area contributed by atoms with Gasteiger partial charge in [0.1, 0.15) is 17.8 Å². The Hall–Kier alpha value is -4.87. The first kappa shape index (κ1) is 26.4. The van der Waals surface area contributed by atoms with Gasteiger partial charge in [-0.2, -0.15) is 0 Å². The lowest BCUT2D eigenvalue weighted by atomic mass is 10.0. The van der Waals surface area contributed by atoms with Crippen LogP contribution in [0.1, 0.15) is 17.5 Å². The third-order valence-electron chi connectivity index (χ3n) is 4.62. The van der Waals surface area contributed by atoms with E-state index in [1.54, 1.807) is 24.3 Å². The fraction of sp³-hybridized carbons (Fsp3) is 0.174. The van der Waals surface area contributed by atoms with Gasteiger partial charge in [-0.15, -0.1) is 0 Å². The summed E-state index contributed by atoms with van der Waals surface area (Å²) >= 11 is 0. The fourth-order valence-corrected chi connectivity index (χ4v) is 2.95. The molecule has 0 fully saturated rings. The Morgan fingerprint density at radius 1 is 0.943 bits per heavy atom. The van der Waals surface area contributed by atoms with E-state index in [2.05, 4.69) is 16.0 Å². The van der Waals surface area contributed by atoms with Crippen molar-refractivity contribution in [3.05, 3.63) is 65.7 Å². The monoisotopic (exact) mass is 483 g/mol. The summed E-state index contributed by atoms with van der Waals surface area (Å²) in [6, 6.07) is 9.31. The van der Waals surface area contributed by atoms with Crippen LogP contribution in [0.25, 0.3) is 6.08 Å². The van der Waals surface area contributed by atoms with Crippen LogP contribution in [0.15, 0.2) is 54.6 Å². The molecule has 2 aromatic carbocycles. The second-order valence-corrected chi connectivity index (χ2v) is 7.42.